The highest BCUT2D eigenvalue weighted by molar-refractivity contribution is 7.89. The maximum Gasteiger partial charge on any atom is 0.417 e. The minimum atomic E-state index is -3.81. The van der Waals surface area contributed by atoms with Gasteiger partial charge in [0.1, 0.15) is 0 Å². The van der Waals surface area contributed by atoms with E-state index in [1.54, 1.807) is 24.3 Å². The van der Waals surface area contributed by atoms with E-state index >= 15 is 0 Å². The van der Waals surface area contributed by atoms with E-state index in [9.17, 15) is 18.0 Å². The van der Waals surface area contributed by atoms with Crippen LogP contribution in [-0.4, -0.2) is 36.6 Å². The molecule has 1 saturated heterocycles. The van der Waals surface area contributed by atoms with Crippen LogP contribution in [0.5, 0.6) is 0 Å². The standard InChI is InChI=1S/C19H17ClN2O5S/c20-14-5-1-3-12(9-14)18(23)13-4-2-8-22(11-13)28(25,26)15-6-7-17-16(10-15)21-19(24)27-17/h1,3,5-7,9-10,13H,2,4,8,11H2,(H,21,24)/t13-/m0/s1. The van der Waals surface area contributed by atoms with Gasteiger partial charge in [-0.2, -0.15) is 4.31 Å². The molecule has 0 spiro atoms. The van der Waals surface area contributed by atoms with E-state index in [2.05, 4.69) is 4.98 Å². The summed E-state index contributed by atoms with van der Waals surface area (Å²) in [6.07, 6.45) is 1.20. The van der Waals surface area contributed by atoms with Gasteiger partial charge in [-0.3, -0.25) is 9.78 Å². The molecule has 1 aliphatic heterocycles. The lowest BCUT2D eigenvalue weighted by Gasteiger charge is -2.31. The lowest BCUT2D eigenvalue weighted by atomic mass is 9.91. The number of carbonyl (C=O) groups is 1. The van der Waals surface area contributed by atoms with Crippen LogP contribution >= 0.6 is 11.6 Å². The van der Waals surface area contributed by atoms with E-state index in [-0.39, 0.29) is 22.8 Å². The largest absolute Gasteiger partial charge is 0.417 e. The number of carbonyl (C=O) groups excluding carboxylic acids is 1. The van der Waals surface area contributed by atoms with Crippen molar-refractivity contribution in [3.05, 3.63) is 63.6 Å². The van der Waals surface area contributed by atoms with Gasteiger partial charge in [0, 0.05) is 29.6 Å². The molecule has 4 rings (SSSR count). The molecule has 0 aliphatic carbocycles. The number of hydrogen-bond donors (Lipinski definition) is 1. The first-order valence-electron chi connectivity index (χ1n) is 8.77. The van der Waals surface area contributed by atoms with Crippen LogP contribution in [0.15, 0.2) is 56.6 Å². The molecule has 3 aromatic rings. The number of fused-ring (bicyclic) bond motifs is 1. The maximum absolute atomic E-state index is 13.1. The van der Waals surface area contributed by atoms with Gasteiger partial charge in [0.2, 0.25) is 10.0 Å². The summed E-state index contributed by atoms with van der Waals surface area (Å²) in [4.78, 5) is 26.6. The van der Waals surface area contributed by atoms with Crippen LogP contribution < -0.4 is 5.76 Å². The van der Waals surface area contributed by atoms with Crippen LogP contribution in [0.4, 0.5) is 0 Å². The van der Waals surface area contributed by atoms with Crippen LogP contribution in [0, 0.1) is 5.92 Å². The molecule has 2 aromatic carbocycles. The second-order valence-electron chi connectivity index (χ2n) is 6.75. The second-order valence-corrected chi connectivity index (χ2v) is 9.12. The molecule has 1 atom stereocenters. The quantitative estimate of drug-likeness (QED) is 0.654. The van der Waals surface area contributed by atoms with Crippen LogP contribution in [0.25, 0.3) is 11.1 Å². The van der Waals surface area contributed by atoms with Crippen molar-refractivity contribution in [3.63, 3.8) is 0 Å². The van der Waals surface area contributed by atoms with E-state index in [4.69, 9.17) is 16.0 Å². The first-order chi connectivity index (χ1) is 13.3. The van der Waals surface area contributed by atoms with Crippen molar-refractivity contribution in [2.45, 2.75) is 17.7 Å². The average molecular weight is 421 g/mol. The van der Waals surface area contributed by atoms with Crippen molar-refractivity contribution in [3.8, 4) is 0 Å². The monoisotopic (exact) mass is 420 g/mol. The van der Waals surface area contributed by atoms with E-state index in [1.165, 1.54) is 22.5 Å². The van der Waals surface area contributed by atoms with Gasteiger partial charge in [-0.15, -0.1) is 0 Å². The normalized spacial score (nSPS) is 18.4. The molecule has 146 valence electrons. The molecule has 1 aliphatic rings. The molecule has 9 heteroatoms. The Morgan fingerprint density at radius 1 is 1.21 bits per heavy atom. The number of nitrogens with zero attached hydrogens (tertiary/aromatic N) is 1. The zero-order valence-electron chi connectivity index (χ0n) is 14.7. The number of nitrogens with one attached hydrogen (secondary N) is 1. The predicted octanol–water partition coefficient (Wildman–Crippen LogP) is 3.06. The molecule has 28 heavy (non-hydrogen) atoms. The second kappa shape index (κ2) is 7.20. The van der Waals surface area contributed by atoms with E-state index in [0.29, 0.717) is 35.5 Å². The molecular formula is C19H17ClN2O5S. The summed E-state index contributed by atoms with van der Waals surface area (Å²) in [5, 5.41) is 0.466. The van der Waals surface area contributed by atoms with Gasteiger partial charge in [-0.1, -0.05) is 23.7 Å². The lowest BCUT2D eigenvalue weighted by molar-refractivity contribution is 0.0872. The van der Waals surface area contributed by atoms with Gasteiger partial charge in [0.25, 0.3) is 0 Å². The number of aromatic nitrogens is 1. The number of H-pyrrole nitrogens is 1. The van der Waals surface area contributed by atoms with Crippen LogP contribution in [0.1, 0.15) is 23.2 Å². The lowest BCUT2D eigenvalue weighted by Crippen LogP contribution is -2.42. The van der Waals surface area contributed by atoms with E-state index in [1.807, 2.05) is 0 Å². The first kappa shape index (κ1) is 18.9. The van der Waals surface area contributed by atoms with Gasteiger partial charge in [-0.25, -0.2) is 13.2 Å². The summed E-state index contributed by atoms with van der Waals surface area (Å²) < 4.78 is 32.4. The summed E-state index contributed by atoms with van der Waals surface area (Å²) in [6, 6.07) is 10.9. The van der Waals surface area contributed by atoms with Crippen molar-refractivity contribution in [1.29, 1.82) is 0 Å². The smallest absolute Gasteiger partial charge is 0.408 e. The Morgan fingerprint density at radius 2 is 2.04 bits per heavy atom. The summed E-state index contributed by atoms with van der Waals surface area (Å²) in [6.45, 7) is 0.440. The highest BCUT2D eigenvalue weighted by Crippen LogP contribution is 2.27. The first-order valence-corrected chi connectivity index (χ1v) is 10.6. The zero-order valence-corrected chi connectivity index (χ0v) is 16.3. The minimum Gasteiger partial charge on any atom is -0.408 e. The Kier molecular flexibility index (Phi) is 4.86. The molecule has 1 aromatic heterocycles. The number of halogens is 1. The third kappa shape index (κ3) is 3.50. The molecule has 1 fully saturated rings. The zero-order chi connectivity index (χ0) is 19.9. The predicted molar refractivity (Wildman–Crippen MR) is 104 cm³/mol. The Labute approximate surface area is 166 Å². The topological polar surface area (TPSA) is 100 Å². The fraction of sp³-hybridized carbons (Fsp3) is 0.263. The fourth-order valence-corrected chi connectivity index (χ4v) is 5.23. The Balaban J connectivity index is 1.60. The average Bonchev–Trinajstić information content (AvgIpc) is 3.06. The van der Waals surface area contributed by atoms with Gasteiger partial charge in [0.15, 0.2) is 11.4 Å². The Hall–Kier alpha value is -2.42. The van der Waals surface area contributed by atoms with E-state index in [0.717, 1.165) is 0 Å². The highest BCUT2D eigenvalue weighted by Gasteiger charge is 2.34. The maximum atomic E-state index is 13.1. The van der Waals surface area contributed by atoms with Gasteiger partial charge >= 0.3 is 5.76 Å². The number of benzene rings is 2. The number of oxazole rings is 1. The van der Waals surface area contributed by atoms with Crippen molar-refractivity contribution in [2.24, 2.45) is 5.92 Å². The van der Waals surface area contributed by atoms with E-state index < -0.39 is 21.7 Å². The molecule has 7 nitrogen and oxygen atoms in total. The van der Waals surface area contributed by atoms with Gasteiger partial charge in [-0.05, 0) is 43.2 Å². The van der Waals surface area contributed by atoms with Crippen molar-refractivity contribution < 1.29 is 17.6 Å². The van der Waals surface area contributed by atoms with Crippen molar-refractivity contribution >= 4 is 38.5 Å². The number of Topliss-reactive ketones (excluding diaryl/α,β-unsaturated/α-hetero) is 1. The molecule has 1 N–H and O–H groups in total. The summed E-state index contributed by atoms with van der Waals surface area (Å²) in [5.41, 5.74) is 1.08. The summed E-state index contributed by atoms with van der Waals surface area (Å²) >= 11 is 5.97. The number of aromatic amines is 1. The molecule has 0 radical (unpaired) electrons. The third-order valence-corrected chi connectivity index (χ3v) is 6.99. The Morgan fingerprint density at radius 3 is 2.82 bits per heavy atom. The molecule has 2 heterocycles. The van der Waals surface area contributed by atoms with Gasteiger partial charge in [0.05, 0.1) is 10.4 Å². The van der Waals surface area contributed by atoms with Crippen LogP contribution in [-0.2, 0) is 10.0 Å². The van der Waals surface area contributed by atoms with Crippen molar-refractivity contribution in [1.82, 2.24) is 9.29 Å². The fourth-order valence-electron chi connectivity index (χ4n) is 3.49. The number of ketones is 1. The van der Waals surface area contributed by atoms with Crippen LogP contribution in [0.3, 0.4) is 0 Å². The highest BCUT2D eigenvalue weighted by atomic mass is 35.5. The molecule has 0 amide bonds. The number of piperidine rings is 1. The minimum absolute atomic E-state index is 0.0490. The van der Waals surface area contributed by atoms with Crippen LogP contribution in [0.2, 0.25) is 5.02 Å². The SMILES string of the molecule is O=C(c1cccc(Cl)c1)[C@H]1CCCN(S(=O)(=O)c2ccc3oc(=O)[nH]c3c2)C1. The Bertz CT molecular complexity index is 1210. The number of sulfonamides is 1. The molecular weight excluding hydrogens is 404 g/mol. The molecule has 0 unspecified atom stereocenters. The van der Waals surface area contributed by atoms with Crippen molar-refractivity contribution in [2.75, 3.05) is 13.1 Å². The number of hydrogen-bond acceptors (Lipinski definition) is 5. The summed E-state index contributed by atoms with van der Waals surface area (Å²) in [5.74, 6) is -1.19. The molecule has 0 saturated carbocycles. The number of rotatable bonds is 4. The third-order valence-electron chi connectivity index (χ3n) is 4.89. The van der Waals surface area contributed by atoms with Gasteiger partial charge < -0.3 is 4.42 Å². The summed E-state index contributed by atoms with van der Waals surface area (Å²) in [7, 11) is -3.81. The molecule has 0 bridgehead atoms.